The molecule has 1 atom stereocenters. The first-order chi connectivity index (χ1) is 13.4. The lowest BCUT2D eigenvalue weighted by Crippen LogP contribution is -2.49. The number of nitro groups is 1. The molecule has 1 aliphatic heterocycles. The number of hydrazine groups is 1. The van der Waals surface area contributed by atoms with E-state index in [4.69, 9.17) is 17.0 Å². The summed E-state index contributed by atoms with van der Waals surface area (Å²) in [5.41, 5.74) is 5.84. The minimum absolute atomic E-state index is 0.229. The number of aryl methyl sites for hydroxylation is 1. The van der Waals surface area contributed by atoms with E-state index in [-0.39, 0.29) is 18.3 Å². The number of nitrogens with one attached hydrogen (secondary N) is 3. The minimum Gasteiger partial charge on any atom is -0.379 e. The number of hydrogen-bond acceptors (Lipinski definition) is 7. The average molecular weight is 414 g/mol. The van der Waals surface area contributed by atoms with Gasteiger partial charge in [0.05, 0.1) is 42.5 Å². The number of thiocarbonyl (C=S) groups is 1. The summed E-state index contributed by atoms with van der Waals surface area (Å²) in [5, 5.41) is 18.0. The maximum Gasteiger partial charge on any atom is 0.390 e. The highest BCUT2D eigenvalue weighted by Gasteiger charge is 2.20. The van der Waals surface area contributed by atoms with Gasteiger partial charge in [-0.25, -0.2) is 0 Å². The van der Waals surface area contributed by atoms with Crippen molar-refractivity contribution in [1.82, 2.24) is 30.8 Å². The molecule has 2 rings (SSSR count). The lowest BCUT2D eigenvalue weighted by Gasteiger charge is -2.26. The Hall–Kier alpha value is -2.31. The topological polar surface area (TPSA) is 127 Å². The van der Waals surface area contributed by atoms with E-state index in [1.165, 1.54) is 10.7 Å². The van der Waals surface area contributed by atoms with Crippen LogP contribution in [0.25, 0.3) is 0 Å². The quantitative estimate of drug-likeness (QED) is 0.233. The summed E-state index contributed by atoms with van der Waals surface area (Å²) in [7, 11) is 0. The summed E-state index contributed by atoms with van der Waals surface area (Å²) in [4.78, 5) is 24.7. The molecule has 0 bridgehead atoms. The standard InChI is InChI=1S/C16H27N7O4S/c1-12(11-22-13(2)10-14(20-22)23(25)26)15(24)18-19-16(28)17-4-3-5-21-6-8-27-9-7-21/h10,12H,3-9,11H2,1-2H3,(H,18,24)(H2,17,19,28). The predicted octanol–water partition coefficient (Wildman–Crippen LogP) is -0.0466. The Kier molecular flexibility index (Phi) is 8.54. The van der Waals surface area contributed by atoms with Gasteiger partial charge in [-0.1, -0.05) is 6.92 Å². The first-order valence-corrected chi connectivity index (χ1v) is 9.60. The van der Waals surface area contributed by atoms with Gasteiger partial charge in [0.15, 0.2) is 5.11 Å². The average Bonchev–Trinajstić information content (AvgIpc) is 3.05. The van der Waals surface area contributed by atoms with Crippen molar-refractivity contribution in [2.75, 3.05) is 39.4 Å². The van der Waals surface area contributed by atoms with Gasteiger partial charge in [0, 0.05) is 19.6 Å². The van der Waals surface area contributed by atoms with Crippen LogP contribution >= 0.6 is 12.2 Å². The van der Waals surface area contributed by atoms with Gasteiger partial charge in [-0.05, 0) is 37.0 Å². The van der Waals surface area contributed by atoms with E-state index in [1.54, 1.807) is 13.8 Å². The number of amides is 1. The number of carbonyl (C=O) groups is 1. The number of ether oxygens (including phenoxy) is 1. The van der Waals surface area contributed by atoms with Crippen LogP contribution in [0.3, 0.4) is 0 Å². The minimum atomic E-state index is -0.557. The van der Waals surface area contributed by atoms with E-state index < -0.39 is 10.8 Å². The van der Waals surface area contributed by atoms with Crippen LogP contribution in [0.1, 0.15) is 19.0 Å². The highest BCUT2D eigenvalue weighted by atomic mass is 32.1. The lowest BCUT2D eigenvalue weighted by atomic mass is 10.2. The summed E-state index contributed by atoms with van der Waals surface area (Å²) in [6, 6.07) is 1.37. The van der Waals surface area contributed by atoms with Crippen LogP contribution in [0, 0.1) is 23.0 Å². The second-order valence-corrected chi connectivity index (χ2v) is 7.07. The summed E-state index contributed by atoms with van der Waals surface area (Å²) in [5.74, 6) is -0.962. The van der Waals surface area contributed by atoms with Gasteiger partial charge in [0.1, 0.15) is 0 Å². The first kappa shape index (κ1) is 22.0. The molecule has 3 N–H and O–H groups in total. The third-order valence-corrected chi connectivity index (χ3v) is 4.64. The largest absolute Gasteiger partial charge is 0.390 e. The molecule has 0 radical (unpaired) electrons. The number of hydrogen-bond donors (Lipinski definition) is 3. The molecule has 1 fully saturated rings. The second-order valence-electron chi connectivity index (χ2n) is 6.66. The molecule has 1 aromatic heterocycles. The molecule has 1 amide bonds. The smallest absolute Gasteiger partial charge is 0.379 e. The number of rotatable bonds is 8. The maximum atomic E-state index is 12.2. The van der Waals surface area contributed by atoms with E-state index >= 15 is 0 Å². The molecular weight excluding hydrogens is 386 g/mol. The van der Waals surface area contributed by atoms with Crippen molar-refractivity contribution in [2.24, 2.45) is 5.92 Å². The number of carbonyl (C=O) groups excluding carboxylic acids is 1. The Morgan fingerprint density at radius 2 is 2.14 bits per heavy atom. The van der Waals surface area contributed by atoms with Gasteiger partial charge < -0.3 is 20.2 Å². The molecule has 0 aromatic carbocycles. The highest BCUT2D eigenvalue weighted by Crippen LogP contribution is 2.12. The Labute approximate surface area is 168 Å². The van der Waals surface area contributed by atoms with Crippen molar-refractivity contribution in [3.63, 3.8) is 0 Å². The van der Waals surface area contributed by atoms with E-state index in [0.717, 1.165) is 39.3 Å². The van der Waals surface area contributed by atoms with Crippen molar-refractivity contribution in [2.45, 2.75) is 26.8 Å². The maximum absolute atomic E-state index is 12.2. The van der Waals surface area contributed by atoms with Crippen LogP contribution in [-0.4, -0.2) is 70.0 Å². The number of aromatic nitrogens is 2. The van der Waals surface area contributed by atoms with E-state index in [0.29, 0.717) is 17.4 Å². The van der Waals surface area contributed by atoms with Crippen molar-refractivity contribution >= 4 is 29.1 Å². The van der Waals surface area contributed by atoms with Crippen LogP contribution in [-0.2, 0) is 16.1 Å². The van der Waals surface area contributed by atoms with Crippen LogP contribution in [0.2, 0.25) is 0 Å². The predicted molar refractivity (Wildman–Crippen MR) is 107 cm³/mol. The summed E-state index contributed by atoms with van der Waals surface area (Å²) < 4.78 is 6.76. The lowest BCUT2D eigenvalue weighted by molar-refractivity contribution is -0.389. The van der Waals surface area contributed by atoms with Crippen molar-refractivity contribution in [1.29, 1.82) is 0 Å². The Morgan fingerprint density at radius 3 is 2.79 bits per heavy atom. The zero-order chi connectivity index (χ0) is 20.5. The van der Waals surface area contributed by atoms with Gasteiger partial charge in [-0.2, -0.15) is 4.68 Å². The molecule has 1 saturated heterocycles. The summed E-state index contributed by atoms with van der Waals surface area (Å²) >= 11 is 5.15. The second kappa shape index (κ2) is 10.9. The van der Waals surface area contributed by atoms with Gasteiger partial charge >= 0.3 is 5.82 Å². The van der Waals surface area contributed by atoms with Gasteiger partial charge in [-0.15, -0.1) is 0 Å². The molecule has 12 heteroatoms. The Morgan fingerprint density at radius 1 is 1.43 bits per heavy atom. The number of morpholine rings is 1. The van der Waals surface area contributed by atoms with Crippen LogP contribution in [0.5, 0.6) is 0 Å². The van der Waals surface area contributed by atoms with Crippen molar-refractivity contribution < 1.29 is 14.5 Å². The molecule has 1 aromatic rings. The molecule has 28 heavy (non-hydrogen) atoms. The van der Waals surface area contributed by atoms with Crippen molar-refractivity contribution in [3.8, 4) is 0 Å². The third-order valence-electron chi connectivity index (χ3n) is 4.39. The zero-order valence-electron chi connectivity index (χ0n) is 16.1. The monoisotopic (exact) mass is 413 g/mol. The van der Waals surface area contributed by atoms with E-state index in [9.17, 15) is 14.9 Å². The molecular formula is C16H27N7O4S. The fraction of sp³-hybridized carbons (Fsp3) is 0.688. The normalized spacial score (nSPS) is 15.6. The first-order valence-electron chi connectivity index (χ1n) is 9.19. The molecule has 1 aliphatic rings. The van der Waals surface area contributed by atoms with E-state index in [1.807, 2.05) is 0 Å². The number of nitrogens with zero attached hydrogens (tertiary/aromatic N) is 4. The molecule has 156 valence electrons. The fourth-order valence-electron chi connectivity index (χ4n) is 2.72. The molecule has 1 unspecified atom stereocenters. The third kappa shape index (κ3) is 7.02. The fourth-order valence-corrected chi connectivity index (χ4v) is 2.88. The Bertz CT molecular complexity index is 691. The molecule has 0 aliphatic carbocycles. The summed E-state index contributed by atoms with van der Waals surface area (Å²) in [6.07, 6.45) is 0.934. The Balaban J connectivity index is 1.63. The molecule has 0 spiro atoms. The van der Waals surface area contributed by atoms with E-state index in [2.05, 4.69) is 26.2 Å². The molecule has 11 nitrogen and oxygen atoms in total. The van der Waals surface area contributed by atoms with Crippen molar-refractivity contribution in [3.05, 3.63) is 21.9 Å². The molecule has 0 saturated carbocycles. The van der Waals surface area contributed by atoms with Crippen LogP contribution < -0.4 is 16.2 Å². The van der Waals surface area contributed by atoms with Gasteiger partial charge in [0.25, 0.3) is 0 Å². The van der Waals surface area contributed by atoms with Gasteiger partial charge in [0.2, 0.25) is 5.91 Å². The SMILES string of the molecule is Cc1cc([N+](=O)[O-])nn1CC(C)C(=O)NNC(=S)NCCCN1CCOCC1. The van der Waals surface area contributed by atoms with Crippen LogP contribution in [0.4, 0.5) is 5.82 Å². The summed E-state index contributed by atoms with van der Waals surface area (Å²) in [6.45, 7) is 8.79. The van der Waals surface area contributed by atoms with Gasteiger partial charge in [-0.3, -0.25) is 20.5 Å². The highest BCUT2D eigenvalue weighted by molar-refractivity contribution is 7.80. The molecule has 2 heterocycles. The zero-order valence-corrected chi connectivity index (χ0v) is 17.0. The van der Waals surface area contributed by atoms with Crippen LogP contribution in [0.15, 0.2) is 6.07 Å².